The Labute approximate surface area is 226 Å². The number of anilines is 3. The molecule has 5 rings (SSSR count). The number of nitrogens with one attached hydrogen (secondary N) is 2. The Hall–Kier alpha value is -3.90. The van der Waals surface area contributed by atoms with Gasteiger partial charge in [-0.25, -0.2) is 15.0 Å². The van der Waals surface area contributed by atoms with Crippen LogP contribution in [0.25, 0.3) is 10.4 Å². The number of alkyl halides is 3. The van der Waals surface area contributed by atoms with Crippen LogP contribution in [0.3, 0.4) is 0 Å². The van der Waals surface area contributed by atoms with Gasteiger partial charge < -0.3 is 15.7 Å². The van der Waals surface area contributed by atoms with Crippen molar-refractivity contribution in [3.05, 3.63) is 77.5 Å². The molecule has 0 bridgehead atoms. The first-order chi connectivity index (χ1) is 18.6. The van der Waals surface area contributed by atoms with E-state index in [1.807, 2.05) is 13.0 Å². The second-order valence-corrected chi connectivity index (χ2v) is 10.6. The Kier molecular flexibility index (Phi) is 7.32. The SMILES string of the molecule is Cc1cc(Nc2nccc(C(F)(F)F)n2)cc(-c2cnc(C3(O)CCC(C(=O)Nc4cccnc4)CC3)s2)c1. The Morgan fingerprint density at radius 3 is 2.59 bits per heavy atom. The van der Waals surface area contributed by atoms with Crippen molar-refractivity contribution >= 4 is 34.6 Å². The zero-order chi connectivity index (χ0) is 27.6. The Morgan fingerprint density at radius 1 is 1.08 bits per heavy atom. The van der Waals surface area contributed by atoms with Crippen LogP contribution in [0.1, 0.15) is 41.9 Å². The molecule has 1 aliphatic rings. The largest absolute Gasteiger partial charge is 0.433 e. The second-order valence-electron chi connectivity index (χ2n) is 9.54. The third-order valence-electron chi connectivity index (χ3n) is 6.58. The Balaban J connectivity index is 1.28. The van der Waals surface area contributed by atoms with E-state index in [2.05, 4.69) is 30.6 Å². The minimum Gasteiger partial charge on any atom is -0.383 e. The average Bonchev–Trinajstić information content (AvgIpc) is 3.41. The number of benzene rings is 1. The van der Waals surface area contributed by atoms with Gasteiger partial charge in [-0.2, -0.15) is 13.2 Å². The minimum atomic E-state index is -4.57. The highest BCUT2D eigenvalue weighted by atomic mass is 32.1. The standard InChI is InChI=1S/C27H25F3N6O2S/c1-16-11-18(13-20(12-16)35-25-32-10-6-22(36-25)27(28,29)30)21-15-33-24(39-21)26(38)7-4-17(5-8-26)23(37)34-19-3-2-9-31-14-19/h2-3,6,9-15,17,38H,4-5,7-8H2,1H3,(H,34,37)(H,32,35,36). The van der Waals surface area contributed by atoms with Crippen LogP contribution in [-0.2, 0) is 16.6 Å². The lowest BCUT2D eigenvalue weighted by Crippen LogP contribution is -2.35. The number of hydrogen-bond acceptors (Lipinski definition) is 8. The van der Waals surface area contributed by atoms with Gasteiger partial charge in [0.05, 0.1) is 16.8 Å². The van der Waals surface area contributed by atoms with E-state index in [1.165, 1.54) is 11.3 Å². The number of thiazole rings is 1. The van der Waals surface area contributed by atoms with E-state index in [1.54, 1.807) is 42.9 Å². The van der Waals surface area contributed by atoms with Crippen molar-refractivity contribution in [3.63, 3.8) is 0 Å². The molecule has 1 fully saturated rings. The molecule has 0 aliphatic heterocycles. The highest BCUT2D eigenvalue weighted by molar-refractivity contribution is 7.15. The summed E-state index contributed by atoms with van der Waals surface area (Å²) in [6.07, 6.45) is 3.24. The van der Waals surface area contributed by atoms with E-state index in [4.69, 9.17) is 0 Å². The summed E-state index contributed by atoms with van der Waals surface area (Å²) in [5.74, 6) is -0.465. The van der Waals surface area contributed by atoms with Crippen LogP contribution in [-0.4, -0.2) is 30.9 Å². The number of carbonyl (C=O) groups excluding carboxylic acids is 1. The van der Waals surface area contributed by atoms with Gasteiger partial charge in [-0.1, -0.05) is 6.07 Å². The predicted molar refractivity (Wildman–Crippen MR) is 141 cm³/mol. The van der Waals surface area contributed by atoms with Gasteiger partial charge in [0.1, 0.15) is 16.3 Å². The van der Waals surface area contributed by atoms with Gasteiger partial charge in [-0.15, -0.1) is 11.3 Å². The molecule has 0 saturated heterocycles. The van der Waals surface area contributed by atoms with Gasteiger partial charge in [0.25, 0.3) is 0 Å². The van der Waals surface area contributed by atoms with Crippen molar-refractivity contribution in [1.29, 1.82) is 0 Å². The summed E-state index contributed by atoms with van der Waals surface area (Å²) < 4.78 is 39.1. The number of rotatable bonds is 6. The molecule has 3 N–H and O–H groups in total. The van der Waals surface area contributed by atoms with E-state index < -0.39 is 17.5 Å². The first-order valence-electron chi connectivity index (χ1n) is 12.3. The topological polar surface area (TPSA) is 113 Å². The van der Waals surface area contributed by atoms with Gasteiger partial charge in [0.2, 0.25) is 11.9 Å². The van der Waals surface area contributed by atoms with E-state index in [9.17, 15) is 23.1 Å². The van der Waals surface area contributed by atoms with Crippen LogP contribution in [0.5, 0.6) is 0 Å². The van der Waals surface area contributed by atoms with Gasteiger partial charge in [0.15, 0.2) is 0 Å². The fourth-order valence-corrected chi connectivity index (χ4v) is 5.63. The number of pyridine rings is 1. The van der Waals surface area contributed by atoms with Crippen molar-refractivity contribution in [2.75, 3.05) is 10.6 Å². The number of nitrogens with zero attached hydrogens (tertiary/aromatic N) is 4. The minimum absolute atomic E-state index is 0.0885. The quantitative estimate of drug-likeness (QED) is 0.265. The van der Waals surface area contributed by atoms with E-state index >= 15 is 0 Å². The summed E-state index contributed by atoms with van der Waals surface area (Å²) in [5.41, 5.74) is 0.664. The number of aromatic nitrogens is 4. The lowest BCUT2D eigenvalue weighted by molar-refractivity contribution is -0.141. The molecule has 0 atom stereocenters. The molecule has 1 aromatic carbocycles. The maximum atomic E-state index is 13.0. The fourth-order valence-electron chi connectivity index (χ4n) is 4.58. The predicted octanol–water partition coefficient (Wildman–Crippen LogP) is 6.08. The molecule has 3 heterocycles. The summed E-state index contributed by atoms with van der Waals surface area (Å²) in [7, 11) is 0. The van der Waals surface area contributed by atoms with Crippen molar-refractivity contribution in [2.45, 2.75) is 44.4 Å². The van der Waals surface area contributed by atoms with Crippen molar-refractivity contribution in [1.82, 2.24) is 19.9 Å². The van der Waals surface area contributed by atoms with Gasteiger partial charge in [-0.05, 0) is 74.1 Å². The molecule has 1 aliphatic carbocycles. The van der Waals surface area contributed by atoms with Crippen LogP contribution in [0.4, 0.5) is 30.5 Å². The number of aliphatic hydroxyl groups is 1. The normalized spacial score (nSPS) is 19.5. The number of amides is 1. The number of carbonyl (C=O) groups is 1. The number of aryl methyl sites for hydroxylation is 1. The fraction of sp³-hybridized carbons (Fsp3) is 0.296. The lowest BCUT2D eigenvalue weighted by atomic mass is 9.78. The molecule has 12 heteroatoms. The molecule has 1 amide bonds. The molecule has 1 saturated carbocycles. The van der Waals surface area contributed by atoms with Crippen LogP contribution in [0, 0.1) is 12.8 Å². The summed E-state index contributed by atoms with van der Waals surface area (Å²) in [6, 6.07) is 9.83. The Bertz CT molecular complexity index is 1470. The van der Waals surface area contributed by atoms with Crippen molar-refractivity contribution in [3.8, 4) is 10.4 Å². The van der Waals surface area contributed by atoms with Crippen molar-refractivity contribution in [2.24, 2.45) is 5.92 Å². The summed E-state index contributed by atoms with van der Waals surface area (Å²) in [6.45, 7) is 1.87. The summed E-state index contributed by atoms with van der Waals surface area (Å²) in [4.78, 5) is 29.4. The van der Waals surface area contributed by atoms with Crippen LogP contribution in [0.15, 0.2) is 61.2 Å². The number of halogens is 3. The van der Waals surface area contributed by atoms with E-state index in [0.717, 1.165) is 28.3 Å². The third-order valence-corrected chi connectivity index (χ3v) is 7.82. The molecule has 0 unspecified atom stereocenters. The first-order valence-corrected chi connectivity index (χ1v) is 13.1. The summed E-state index contributed by atoms with van der Waals surface area (Å²) in [5, 5.41) is 17.7. The molecule has 39 heavy (non-hydrogen) atoms. The maximum absolute atomic E-state index is 13.0. The molecule has 0 spiro atoms. The molecule has 4 aromatic rings. The molecule has 0 radical (unpaired) electrons. The zero-order valence-corrected chi connectivity index (χ0v) is 21.7. The third kappa shape index (κ3) is 6.23. The highest BCUT2D eigenvalue weighted by Gasteiger charge is 2.39. The second kappa shape index (κ2) is 10.7. The molecule has 3 aromatic heterocycles. The lowest BCUT2D eigenvalue weighted by Gasteiger charge is -2.33. The zero-order valence-electron chi connectivity index (χ0n) is 20.9. The van der Waals surface area contributed by atoms with Gasteiger partial charge in [-0.3, -0.25) is 9.78 Å². The highest BCUT2D eigenvalue weighted by Crippen LogP contribution is 2.43. The van der Waals surface area contributed by atoms with Crippen molar-refractivity contribution < 1.29 is 23.1 Å². The first kappa shape index (κ1) is 26.7. The van der Waals surface area contributed by atoms with Crippen LogP contribution >= 0.6 is 11.3 Å². The average molecular weight is 555 g/mol. The molecular formula is C27H25F3N6O2S. The molecule has 202 valence electrons. The molecule has 8 nitrogen and oxygen atoms in total. The van der Waals surface area contributed by atoms with E-state index in [-0.39, 0.29) is 17.8 Å². The Morgan fingerprint density at radius 2 is 1.87 bits per heavy atom. The van der Waals surface area contributed by atoms with Gasteiger partial charge >= 0.3 is 6.18 Å². The maximum Gasteiger partial charge on any atom is 0.433 e. The van der Waals surface area contributed by atoms with Crippen LogP contribution in [0.2, 0.25) is 0 Å². The molecular weight excluding hydrogens is 529 g/mol. The van der Waals surface area contributed by atoms with E-state index in [0.29, 0.717) is 42.1 Å². The summed E-state index contributed by atoms with van der Waals surface area (Å²) >= 11 is 1.36. The van der Waals surface area contributed by atoms with Gasteiger partial charge in [0, 0.05) is 30.2 Å². The smallest absolute Gasteiger partial charge is 0.383 e. The number of hydrogen-bond donors (Lipinski definition) is 3. The van der Waals surface area contributed by atoms with Crippen LogP contribution < -0.4 is 10.6 Å². The monoisotopic (exact) mass is 554 g/mol.